The Kier molecular flexibility index (Phi) is 5.43. The second-order valence-electron chi connectivity index (χ2n) is 5.66. The molecule has 0 atom stereocenters. The van der Waals surface area contributed by atoms with E-state index in [1.807, 2.05) is 6.07 Å². The van der Waals surface area contributed by atoms with E-state index in [2.05, 4.69) is 30.9 Å². The number of carbonyl (C=O) groups excluding carboxylic acids is 1. The van der Waals surface area contributed by atoms with E-state index in [4.69, 9.17) is 0 Å². The summed E-state index contributed by atoms with van der Waals surface area (Å²) in [5, 5.41) is 16.8. The molecule has 2 aromatic carbocycles. The molecule has 0 aliphatic rings. The van der Waals surface area contributed by atoms with Crippen LogP contribution in [0.4, 0.5) is 24.5 Å². The largest absolute Gasteiger partial charge is 0.573 e. The fourth-order valence-electron chi connectivity index (χ4n) is 2.35. The fourth-order valence-corrected chi connectivity index (χ4v) is 2.35. The summed E-state index contributed by atoms with van der Waals surface area (Å²) in [6.07, 6.45) is -4.76. The van der Waals surface area contributed by atoms with E-state index < -0.39 is 6.36 Å². The minimum Gasteiger partial charge on any atom is -0.406 e. The van der Waals surface area contributed by atoms with Gasteiger partial charge in [0.1, 0.15) is 5.75 Å². The van der Waals surface area contributed by atoms with E-state index in [-0.39, 0.29) is 18.2 Å². The van der Waals surface area contributed by atoms with E-state index >= 15 is 0 Å². The molecule has 0 aliphatic carbocycles. The van der Waals surface area contributed by atoms with Gasteiger partial charge in [-0.3, -0.25) is 4.79 Å². The van der Waals surface area contributed by atoms with Crippen molar-refractivity contribution in [2.45, 2.75) is 13.3 Å². The lowest BCUT2D eigenvalue weighted by Gasteiger charge is -2.11. The van der Waals surface area contributed by atoms with E-state index in [0.29, 0.717) is 17.2 Å². The average molecular weight is 392 g/mol. The van der Waals surface area contributed by atoms with Gasteiger partial charge in [-0.1, -0.05) is 6.07 Å². The quantitative estimate of drug-likeness (QED) is 0.670. The summed E-state index contributed by atoms with van der Waals surface area (Å²) < 4.78 is 41.8. The molecule has 146 valence electrons. The van der Waals surface area contributed by atoms with Crippen molar-refractivity contribution in [1.29, 1.82) is 0 Å². The van der Waals surface area contributed by atoms with Gasteiger partial charge in [0.25, 0.3) is 0 Å². The Bertz CT molecular complexity index is 956. The smallest absolute Gasteiger partial charge is 0.406 e. The first-order chi connectivity index (χ1) is 13.3. The number of amides is 1. The van der Waals surface area contributed by atoms with Gasteiger partial charge in [-0.2, -0.15) is 4.68 Å². The maximum absolute atomic E-state index is 12.1. The third-order valence-electron chi connectivity index (χ3n) is 3.54. The van der Waals surface area contributed by atoms with Crippen LogP contribution >= 0.6 is 0 Å². The molecule has 28 heavy (non-hydrogen) atoms. The van der Waals surface area contributed by atoms with Gasteiger partial charge in [0.2, 0.25) is 5.91 Å². The van der Waals surface area contributed by atoms with Crippen LogP contribution in [0.2, 0.25) is 0 Å². The molecule has 0 saturated heterocycles. The number of hydrogen-bond donors (Lipinski definition) is 2. The molecule has 0 radical (unpaired) electrons. The number of aryl methyl sites for hydroxylation is 1. The van der Waals surface area contributed by atoms with Gasteiger partial charge < -0.3 is 15.4 Å². The molecule has 0 unspecified atom stereocenters. The maximum Gasteiger partial charge on any atom is 0.573 e. The first kappa shape index (κ1) is 19.1. The van der Waals surface area contributed by atoms with Gasteiger partial charge in [0.05, 0.1) is 12.2 Å². The first-order valence-corrected chi connectivity index (χ1v) is 8.05. The third-order valence-corrected chi connectivity index (χ3v) is 3.54. The Morgan fingerprint density at radius 1 is 1.14 bits per heavy atom. The molecule has 1 heterocycles. The summed E-state index contributed by atoms with van der Waals surface area (Å²) in [5.41, 5.74) is 1.75. The normalized spacial score (nSPS) is 11.1. The highest BCUT2D eigenvalue weighted by molar-refractivity contribution is 5.93. The number of rotatable bonds is 6. The van der Waals surface area contributed by atoms with Crippen molar-refractivity contribution in [2.75, 3.05) is 17.2 Å². The highest BCUT2D eigenvalue weighted by Gasteiger charge is 2.30. The van der Waals surface area contributed by atoms with Crippen molar-refractivity contribution >= 4 is 17.3 Å². The number of carbonyl (C=O) groups is 1. The van der Waals surface area contributed by atoms with E-state index in [0.717, 1.165) is 17.8 Å². The number of benzene rings is 2. The van der Waals surface area contributed by atoms with Crippen LogP contribution in [0.3, 0.4) is 0 Å². The molecule has 11 heteroatoms. The summed E-state index contributed by atoms with van der Waals surface area (Å²) >= 11 is 0. The second kappa shape index (κ2) is 7.94. The summed E-state index contributed by atoms with van der Waals surface area (Å²) in [7, 11) is 0. The number of halogens is 3. The minimum absolute atomic E-state index is 0.0428. The number of ether oxygens (including phenoxy) is 1. The predicted octanol–water partition coefficient (Wildman–Crippen LogP) is 2.92. The Morgan fingerprint density at radius 3 is 2.54 bits per heavy atom. The third kappa shape index (κ3) is 5.19. The minimum atomic E-state index is -4.76. The zero-order chi connectivity index (χ0) is 20.1. The van der Waals surface area contributed by atoms with Crippen molar-refractivity contribution in [2.24, 2.45) is 0 Å². The van der Waals surface area contributed by atoms with Crippen LogP contribution in [0.1, 0.15) is 5.82 Å². The van der Waals surface area contributed by atoms with Gasteiger partial charge >= 0.3 is 6.36 Å². The van der Waals surface area contributed by atoms with E-state index in [9.17, 15) is 18.0 Å². The Balaban J connectivity index is 1.55. The Hall–Kier alpha value is -3.63. The average Bonchev–Trinajstić information content (AvgIpc) is 3.07. The van der Waals surface area contributed by atoms with Crippen LogP contribution in [0, 0.1) is 6.92 Å². The lowest BCUT2D eigenvalue weighted by atomic mass is 10.2. The SMILES string of the molecule is Cc1nnnn1-c1cccc(NCC(=O)Nc2ccc(OC(F)(F)F)cc2)c1. The van der Waals surface area contributed by atoms with Gasteiger partial charge in [0, 0.05) is 11.4 Å². The number of alkyl halides is 3. The summed E-state index contributed by atoms with van der Waals surface area (Å²) in [6, 6.07) is 12.0. The molecule has 3 rings (SSSR count). The molecule has 0 saturated carbocycles. The molecular weight excluding hydrogens is 377 g/mol. The van der Waals surface area contributed by atoms with Crippen LogP contribution in [0.15, 0.2) is 48.5 Å². The second-order valence-corrected chi connectivity index (χ2v) is 5.66. The van der Waals surface area contributed by atoms with Gasteiger partial charge in [0.15, 0.2) is 5.82 Å². The zero-order valence-corrected chi connectivity index (χ0v) is 14.6. The topological polar surface area (TPSA) is 94.0 Å². The molecule has 1 amide bonds. The van der Waals surface area contributed by atoms with Crippen LogP contribution in [-0.4, -0.2) is 39.0 Å². The summed E-state index contributed by atoms with van der Waals surface area (Å²) in [4.78, 5) is 12.0. The molecule has 1 aromatic heterocycles. The molecule has 2 N–H and O–H groups in total. The van der Waals surface area contributed by atoms with Crippen molar-refractivity contribution in [3.05, 3.63) is 54.4 Å². The van der Waals surface area contributed by atoms with E-state index in [1.165, 1.54) is 12.1 Å². The molecule has 0 bridgehead atoms. The first-order valence-electron chi connectivity index (χ1n) is 8.05. The predicted molar refractivity (Wildman–Crippen MR) is 94.1 cm³/mol. The summed E-state index contributed by atoms with van der Waals surface area (Å²) in [5.74, 6) is -0.111. The highest BCUT2D eigenvalue weighted by atomic mass is 19.4. The maximum atomic E-state index is 12.1. The summed E-state index contributed by atoms with van der Waals surface area (Å²) in [6.45, 7) is 1.72. The number of nitrogens with zero attached hydrogens (tertiary/aromatic N) is 4. The number of hydrogen-bond acceptors (Lipinski definition) is 6. The molecule has 8 nitrogen and oxygen atoms in total. The lowest BCUT2D eigenvalue weighted by Crippen LogP contribution is -2.22. The fraction of sp³-hybridized carbons (Fsp3) is 0.176. The van der Waals surface area contributed by atoms with Gasteiger partial charge in [-0.15, -0.1) is 18.3 Å². The number of nitrogens with one attached hydrogen (secondary N) is 2. The lowest BCUT2D eigenvalue weighted by molar-refractivity contribution is -0.274. The standard InChI is InChI=1S/C17H15F3N6O2/c1-11-23-24-25-26(11)14-4-2-3-13(9-14)21-10-16(27)22-12-5-7-15(8-6-12)28-17(18,19)20/h2-9,21H,10H2,1H3,(H,22,27). The monoisotopic (exact) mass is 392 g/mol. The number of aromatic nitrogens is 4. The van der Waals surface area contributed by atoms with Crippen molar-refractivity contribution in [3.63, 3.8) is 0 Å². The van der Waals surface area contributed by atoms with Crippen LogP contribution < -0.4 is 15.4 Å². The van der Waals surface area contributed by atoms with Crippen molar-refractivity contribution in [1.82, 2.24) is 20.2 Å². The molecular formula is C17H15F3N6O2. The number of tetrazole rings is 1. The van der Waals surface area contributed by atoms with Crippen LogP contribution in [-0.2, 0) is 4.79 Å². The van der Waals surface area contributed by atoms with Crippen LogP contribution in [0.25, 0.3) is 5.69 Å². The van der Waals surface area contributed by atoms with Crippen molar-refractivity contribution in [3.8, 4) is 11.4 Å². The molecule has 3 aromatic rings. The van der Waals surface area contributed by atoms with Crippen molar-refractivity contribution < 1.29 is 22.7 Å². The Labute approximate surface area is 157 Å². The number of anilines is 2. The molecule has 0 spiro atoms. The van der Waals surface area contributed by atoms with Gasteiger partial charge in [-0.05, 0) is 59.8 Å². The zero-order valence-electron chi connectivity index (χ0n) is 14.6. The molecule has 0 fully saturated rings. The highest BCUT2D eigenvalue weighted by Crippen LogP contribution is 2.24. The van der Waals surface area contributed by atoms with E-state index in [1.54, 1.807) is 29.8 Å². The Morgan fingerprint density at radius 2 is 1.89 bits per heavy atom. The van der Waals surface area contributed by atoms with Gasteiger partial charge in [-0.25, -0.2) is 0 Å². The van der Waals surface area contributed by atoms with Crippen LogP contribution in [0.5, 0.6) is 5.75 Å². The molecule has 0 aliphatic heterocycles.